The van der Waals surface area contributed by atoms with Gasteiger partial charge in [-0.25, -0.2) is 4.79 Å². The lowest BCUT2D eigenvalue weighted by molar-refractivity contribution is 0.0501. The number of nitrogens with zero attached hydrogens (tertiary/aromatic N) is 1. The lowest BCUT2D eigenvalue weighted by Crippen LogP contribution is -2.55. The summed E-state index contributed by atoms with van der Waals surface area (Å²) in [7, 11) is 0. The molecule has 24 heavy (non-hydrogen) atoms. The molecule has 0 spiro atoms. The lowest BCUT2D eigenvalue weighted by Gasteiger charge is -2.33. The first-order valence-electron chi connectivity index (χ1n) is 8.33. The second kappa shape index (κ2) is 8.13. The van der Waals surface area contributed by atoms with E-state index in [9.17, 15) is 9.59 Å². The predicted molar refractivity (Wildman–Crippen MR) is 94.0 cm³/mol. The zero-order valence-corrected chi connectivity index (χ0v) is 15.5. The molecule has 0 atom stereocenters. The van der Waals surface area contributed by atoms with E-state index in [1.807, 2.05) is 41.5 Å². The van der Waals surface area contributed by atoms with Crippen molar-refractivity contribution in [2.24, 2.45) is 0 Å². The molecule has 1 rings (SSSR count). The number of nitrogens with one attached hydrogen (secondary N) is 2. The Morgan fingerprint density at radius 2 is 1.79 bits per heavy atom. The minimum absolute atomic E-state index is 0.197. The summed E-state index contributed by atoms with van der Waals surface area (Å²) in [6.45, 7) is 11.6. The van der Waals surface area contributed by atoms with Crippen LogP contribution in [0.5, 0.6) is 0 Å². The Bertz CT molecular complexity index is 558. The van der Waals surface area contributed by atoms with Gasteiger partial charge in [0.05, 0.1) is 11.1 Å². The summed E-state index contributed by atoms with van der Waals surface area (Å²) >= 11 is 0. The molecular formula is C18H29N3O3. The second-order valence-electron chi connectivity index (χ2n) is 6.99. The number of ether oxygens (including phenoxy) is 1. The molecule has 1 heterocycles. The fourth-order valence-corrected chi connectivity index (χ4v) is 2.19. The Hall–Kier alpha value is -2.11. The molecule has 0 aliphatic carbocycles. The van der Waals surface area contributed by atoms with Gasteiger partial charge in [-0.2, -0.15) is 0 Å². The fraction of sp³-hybridized carbons (Fsp3) is 0.611. The van der Waals surface area contributed by atoms with Crippen LogP contribution in [0.1, 0.15) is 63.5 Å². The number of aryl methyl sites for hydroxylation is 1. The zero-order chi connectivity index (χ0) is 18.4. The molecule has 1 aromatic rings. The second-order valence-corrected chi connectivity index (χ2v) is 6.99. The molecule has 6 heteroatoms. The lowest BCUT2D eigenvalue weighted by atomic mass is 9.92. The summed E-state index contributed by atoms with van der Waals surface area (Å²) in [4.78, 5) is 28.5. The van der Waals surface area contributed by atoms with E-state index in [0.29, 0.717) is 24.9 Å². The maximum absolute atomic E-state index is 12.5. The molecule has 0 aliphatic rings. The van der Waals surface area contributed by atoms with E-state index < -0.39 is 17.2 Å². The highest BCUT2D eigenvalue weighted by Crippen LogP contribution is 2.16. The van der Waals surface area contributed by atoms with Crippen molar-refractivity contribution in [3.05, 3.63) is 29.6 Å². The average Bonchev–Trinajstić information content (AvgIpc) is 2.50. The van der Waals surface area contributed by atoms with Gasteiger partial charge in [-0.15, -0.1) is 0 Å². The van der Waals surface area contributed by atoms with Gasteiger partial charge in [-0.3, -0.25) is 9.78 Å². The van der Waals surface area contributed by atoms with E-state index >= 15 is 0 Å². The molecule has 2 amide bonds. The van der Waals surface area contributed by atoms with Crippen molar-refractivity contribution in [3.8, 4) is 0 Å². The topological polar surface area (TPSA) is 80.3 Å². The number of aromatic nitrogens is 1. The van der Waals surface area contributed by atoms with Gasteiger partial charge in [0.15, 0.2) is 0 Å². The van der Waals surface area contributed by atoms with Gasteiger partial charge in [-0.1, -0.05) is 13.8 Å². The van der Waals surface area contributed by atoms with Crippen LogP contribution in [0.4, 0.5) is 4.79 Å². The minimum atomic E-state index is -0.554. The summed E-state index contributed by atoms with van der Waals surface area (Å²) < 4.78 is 5.25. The van der Waals surface area contributed by atoms with Crippen molar-refractivity contribution in [3.63, 3.8) is 0 Å². The Balaban J connectivity index is 2.75. The first-order chi connectivity index (χ1) is 11.1. The van der Waals surface area contributed by atoms with Gasteiger partial charge < -0.3 is 15.4 Å². The molecular weight excluding hydrogens is 306 g/mol. The molecule has 134 valence electrons. The molecule has 0 saturated heterocycles. The highest BCUT2D eigenvalue weighted by Gasteiger charge is 2.30. The summed E-state index contributed by atoms with van der Waals surface area (Å²) in [6, 6.07) is 3.54. The van der Waals surface area contributed by atoms with Gasteiger partial charge in [0.2, 0.25) is 0 Å². The number of pyridine rings is 1. The summed E-state index contributed by atoms with van der Waals surface area (Å²) in [5.41, 5.74) is 0.278. The summed E-state index contributed by atoms with van der Waals surface area (Å²) in [5.74, 6) is -0.197. The number of rotatable bonds is 6. The number of hydrogen-bond donors (Lipinski definition) is 2. The largest absolute Gasteiger partial charge is 0.444 e. The minimum Gasteiger partial charge on any atom is -0.444 e. The fourth-order valence-electron chi connectivity index (χ4n) is 2.19. The molecule has 0 unspecified atom stereocenters. The molecule has 6 nitrogen and oxygen atoms in total. The quantitative estimate of drug-likeness (QED) is 0.836. The monoisotopic (exact) mass is 335 g/mol. The molecule has 1 aromatic heterocycles. The van der Waals surface area contributed by atoms with Crippen LogP contribution in [0.2, 0.25) is 0 Å². The van der Waals surface area contributed by atoms with Gasteiger partial charge in [-0.05, 0) is 52.7 Å². The first kappa shape index (κ1) is 19.9. The van der Waals surface area contributed by atoms with Crippen LogP contribution < -0.4 is 10.6 Å². The van der Waals surface area contributed by atoms with Crippen LogP contribution in [0.3, 0.4) is 0 Å². The summed E-state index contributed by atoms with van der Waals surface area (Å²) in [5, 5.41) is 5.79. The van der Waals surface area contributed by atoms with E-state index in [1.165, 1.54) is 0 Å². The highest BCUT2D eigenvalue weighted by atomic mass is 16.6. The average molecular weight is 335 g/mol. The molecule has 0 fully saturated rings. The number of amides is 2. The van der Waals surface area contributed by atoms with Gasteiger partial charge in [0.1, 0.15) is 5.60 Å². The van der Waals surface area contributed by atoms with Crippen LogP contribution in [0, 0.1) is 6.92 Å². The third-order valence-corrected chi connectivity index (χ3v) is 3.88. The Morgan fingerprint density at radius 3 is 2.25 bits per heavy atom. The number of carbonyl (C=O) groups is 2. The van der Waals surface area contributed by atoms with Crippen LogP contribution in [-0.4, -0.2) is 34.7 Å². The van der Waals surface area contributed by atoms with Crippen molar-refractivity contribution in [1.29, 1.82) is 0 Å². The van der Waals surface area contributed by atoms with Gasteiger partial charge in [0.25, 0.3) is 5.91 Å². The molecule has 0 bridgehead atoms. The number of alkyl carbamates (subject to hydrolysis) is 1. The number of carbonyl (C=O) groups excluding carboxylic acids is 2. The maximum Gasteiger partial charge on any atom is 0.407 e. The molecule has 0 aromatic carbocycles. The van der Waals surface area contributed by atoms with Gasteiger partial charge >= 0.3 is 6.09 Å². The van der Waals surface area contributed by atoms with Crippen LogP contribution in [0.25, 0.3) is 0 Å². The van der Waals surface area contributed by atoms with Crippen LogP contribution in [-0.2, 0) is 4.74 Å². The van der Waals surface area contributed by atoms with Crippen molar-refractivity contribution >= 4 is 12.0 Å². The maximum atomic E-state index is 12.5. The summed E-state index contributed by atoms with van der Waals surface area (Å²) in [6.07, 6.45) is 2.44. The third-order valence-electron chi connectivity index (χ3n) is 3.88. The van der Waals surface area contributed by atoms with Crippen molar-refractivity contribution in [2.75, 3.05) is 6.54 Å². The molecule has 2 N–H and O–H groups in total. The highest BCUT2D eigenvalue weighted by molar-refractivity contribution is 5.94. The van der Waals surface area contributed by atoms with E-state index in [0.717, 1.165) is 5.69 Å². The molecule has 0 saturated carbocycles. The van der Waals surface area contributed by atoms with Crippen LogP contribution >= 0.6 is 0 Å². The molecule has 0 radical (unpaired) electrons. The Labute approximate surface area is 144 Å². The van der Waals surface area contributed by atoms with Crippen LogP contribution in [0.15, 0.2) is 18.3 Å². The van der Waals surface area contributed by atoms with Crippen molar-refractivity contribution in [2.45, 2.75) is 65.5 Å². The molecule has 0 aliphatic heterocycles. The number of hydrogen-bond acceptors (Lipinski definition) is 4. The van der Waals surface area contributed by atoms with Gasteiger partial charge in [0, 0.05) is 18.4 Å². The van der Waals surface area contributed by atoms with E-state index in [2.05, 4.69) is 15.6 Å². The Kier molecular flexibility index (Phi) is 6.75. The Morgan fingerprint density at radius 1 is 1.17 bits per heavy atom. The third kappa shape index (κ3) is 6.18. The van der Waals surface area contributed by atoms with E-state index in [1.54, 1.807) is 18.3 Å². The van der Waals surface area contributed by atoms with E-state index in [4.69, 9.17) is 4.74 Å². The standard InChI is InChI=1S/C18H29N3O3/c1-7-18(8-2,12-20-16(23)24-17(4,5)6)21-15(22)14-10-9-13(3)19-11-14/h9-11H,7-8,12H2,1-6H3,(H,20,23)(H,21,22). The SMILES string of the molecule is CCC(CC)(CNC(=O)OC(C)(C)C)NC(=O)c1ccc(C)nc1. The van der Waals surface area contributed by atoms with Crippen molar-refractivity contribution in [1.82, 2.24) is 15.6 Å². The normalized spacial score (nSPS) is 11.8. The smallest absolute Gasteiger partial charge is 0.407 e. The van der Waals surface area contributed by atoms with E-state index in [-0.39, 0.29) is 5.91 Å². The van der Waals surface area contributed by atoms with Crippen molar-refractivity contribution < 1.29 is 14.3 Å². The zero-order valence-electron chi connectivity index (χ0n) is 15.5. The first-order valence-corrected chi connectivity index (χ1v) is 8.33. The predicted octanol–water partition coefficient (Wildman–Crippen LogP) is 3.20.